The Labute approximate surface area is 128 Å². The minimum Gasteiger partial charge on any atom is -0.368 e. The third-order valence-electron chi connectivity index (χ3n) is 3.71. The lowest BCUT2D eigenvalue weighted by Crippen LogP contribution is -2.46. The minimum absolute atomic E-state index is 1.07. The molecule has 0 spiro atoms. The Balaban J connectivity index is 0.000000774. The molecule has 0 radical (unpaired) electrons. The van der Waals surface area contributed by atoms with Crippen LogP contribution in [0.5, 0.6) is 0 Å². The number of piperazine rings is 1. The first-order chi connectivity index (χ1) is 10.3. The fourth-order valence-electron chi connectivity index (χ4n) is 2.53. The van der Waals surface area contributed by atoms with Crippen molar-refractivity contribution in [3.63, 3.8) is 0 Å². The van der Waals surface area contributed by atoms with Gasteiger partial charge in [0.1, 0.15) is 0 Å². The van der Waals surface area contributed by atoms with Gasteiger partial charge in [-0.2, -0.15) is 0 Å². The molecule has 1 fully saturated rings. The molecule has 112 valence electrons. The highest BCUT2D eigenvalue weighted by atomic mass is 15.3. The summed E-state index contributed by atoms with van der Waals surface area (Å²) >= 11 is 0. The van der Waals surface area contributed by atoms with Crippen molar-refractivity contribution in [1.29, 1.82) is 0 Å². The van der Waals surface area contributed by atoms with Crippen molar-refractivity contribution in [1.82, 2.24) is 4.98 Å². The van der Waals surface area contributed by atoms with Gasteiger partial charge in [-0.1, -0.05) is 31.5 Å². The molecular weight excluding hydrogens is 258 g/mol. The Morgan fingerprint density at radius 3 is 1.62 bits per heavy atom. The smallest absolute Gasteiger partial charge is 0.0398 e. The van der Waals surface area contributed by atoms with Crippen molar-refractivity contribution in [2.45, 2.75) is 20.8 Å². The number of nitrogens with zero attached hydrogens (tertiary/aromatic N) is 3. The summed E-state index contributed by atoms with van der Waals surface area (Å²) in [5.41, 5.74) is 3.93. The van der Waals surface area contributed by atoms with Crippen molar-refractivity contribution < 1.29 is 0 Å². The molecule has 1 saturated heterocycles. The first-order valence-corrected chi connectivity index (χ1v) is 7.79. The Hall–Kier alpha value is -2.03. The number of benzene rings is 1. The molecule has 0 bridgehead atoms. The minimum atomic E-state index is 1.07. The number of aromatic nitrogens is 1. The van der Waals surface area contributed by atoms with E-state index in [1.165, 1.54) is 16.9 Å². The lowest BCUT2D eigenvalue weighted by Gasteiger charge is -2.37. The highest BCUT2D eigenvalue weighted by Gasteiger charge is 2.17. The summed E-state index contributed by atoms with van der Waals surface area (Å²) in [6.45, 7) is 10.4. The summed E-state index contributed by atoms with van der Waals surface area (Å²) in [6, 6.07) is 13.0. The SMILES string of the molecule is CC.Cc1ccc(N2CCN(c3ccncc3)CC2)cc1. The van der Waals surface area contributed by atoms with Gasteiger partial charge < -0.3 is 9.80 Å². The molecule has 0 N–H and O–H groups in total. The van der Waals surface area contributed by atoms with Gasteiger partial charge in [-0.05, 0) is 31.2 Å². The van der Waals surface area contributed by atoms with Gasteiger partial charge in [0, 0.05) is 49.9 Å². The van der Waals surface area contributed by atoms with E-state index in [-0.39, 0.29) is 0 Å². The average Bonchev–Trinajstić information content (AvgIpc) is 2.58. The highest BCUT2D eigenvalue weighted by molar-refractivity contribution is 5.51. The van der Waals surface area contributed by atoms with E-state index in [1.54, 1.807) is 0 Å². The van der Waals surface area contributed by atoms with E-state index in [0.717, 1.165) is 26.2 Å². The molecule has 1 aliphatic heterocycles. The molecule has 2 heterocycles. The van der Waals surface area contributed by atoms with E-state index in [0.29, 0.717) is 0 Å². The Morgan fingerprint density at radius 1 is 0.714 bits per heavy atom. The van der Waals surface area contributed by atoms with Gasteiger partial charge in [-0.15, -0.1) is 0 Å². The van der Waals surface area contributed by atoms with Crippen molar-refractivity contribution >= 4 is 11.4 Å². The van der Waals surface area contributed by atoms with Crippen LogP contribution in [-0.2, 0) is 0 Å². The van der Waals surface area contributed by atoms with Gasteiger partial charge in [-0.3, -0.25) is 4.98 Å². The predicted molar refractivity (Wildman–Crippen MR) is 91.2 cm³/mol. The molecule has 2 aromatic rings. The standard InChI is InChI=1S/C16H19N3.C2H6/c1-14-2-4-15(5-3-14)18-10-12-19(13-11-18)16-6-8-17-9-7-16;1-2/h2-9H,10-13H2,1H3;1-2H3. The van der Waals surface area contributed by atoms with Gasteiger partial charge in [0.2, 0.25) is 0 Å². The average molecular weight is 283 g/mol. The van der Waals surface area contributed by atoms with Crippen LogP contribution in [0.4, 0.5) is 11.4 Å². The van der Waals surface area contributed by atoms with Crippen LogP contribution in [0.1, 0.15) is 19.4 Å². The first-order valence-electron chi connectivity index (χ1n) is 7.79. The predicted octanol–water partition coefficient (Wildman–Crippen LogP) is 3.74. The fourth-order valence-corrected chi connectivity index (χ4v) is 2.53. The molecule has 0 amide bonds. The molecule has 1 aromatic carbocycles. The molecular formula is C18H25N3. The quantitative estimate of drug-likeness (QED) is 0.837. The molecule has 0 atom stereocenters. The van der Waals surface area contributed by atoms with Crippen molar-refractivity contribution in [3.05, 3.63) is 54.4 Å². The van der Waals surface area contributed by atoms with E-state index in [2.05, 4.69) is 58.1 Å². The maximum atomic E-state index is 4.07. The number of hydrogen-bond donors (Lipinski definition) is 0. The maximum Gasteiger partial charge on any atom is 0.0398 e. The number of rotatable bonds is 2. The molecule has 3 nitrogen and oxygen atoms in total. The van der Waals surface area contributed by atoms with Crippen LogP contribution in [0.2, 0.25) is 0 Å². The van der Waals surface area contributed by atoms with Crippen LogP contribution in [0.3, 0.4) is 0 Å². The first kappa shape index (κ1) is 15.4. The highest BCUT2D eigenvalue weighted by Crippen LogP contribution is 2.20. The fraction of sp³-hybridized carbons (Fsp3) is 0.389. The van der Waals surface area contributed by atoms with Crippen molar-refractivity contribution in [2.24, 2.45) is 0 Å². The third-order valence-corrected chi connectivity index (χ3v) is 3.71. The van der Waals surface area contributed by atoms with Crippen LogP contribution >= 0.6 is 0 Å². The normalized spacial score (nSPS) is 14.4. The van der Waals surface area contributed by atoms with Gasteiger partial charge in [0.25, 0.3) is 0 Å². The van der Waals surface area contributed by atoms with Crippen molar-refractivity contribution in [3.8, 4) is 0 Å². The maximum absolute atomic E-state index is 4.07. The molecule has 1 aromatic heterocycles. The number of hydrogen-bond acceptors (Lipinski definition) is 3. The lowest BCUT2D eigenvalue weighted by atomic mass is 10.2. The summed E-state index contributed by atoms with van der Waals surface area (Å²) in [6.07, 6.45) is 3.73. The van der Waals surface area contributed by atoms with E-state index in [4.69, 9.17) is 0 Å². The summed E-state index contributed by atoms with van der Waals surface area (Å²) in [4.78, 5) is 8.95. The summed E-state index contributed by atoms with van der Waals surface area (Å²) in [5.74, 6) is 0. The topological polar surface area (TPSA) is 19.4 Å². The molecule has 1 aliphatic rings. The second-order valence-corrected chi connectivity index (χ2v) is 5.02. The summed E-state index contributed by atoms with van der Waals surface area (Å²) in [5, 5.41) is 0. The Kier molecular flexibility index (Phi) is 5.61. The van der Waals surface area contributed by atoms with E-state index in [9.17, 15) is 0 Å². The summed E-state index contributed by atoms with van der Waals surface area (Å²) in [7, 11) is 0. The third kappa shape index (κ3) is 3.97. The zero-order valence-corrected chi connectivity index (χ0v) is 13.3. The van der Waals surface area contributed by atoms with Gasteiger partial charge in [-0.25, -0.2) is 0 Å². The zero-order chi connectivity index (χ0) is 15.1. The number of aryl methyl sites for hydroxylation is 1. The number of pyridine rings is 1. The van der Waals surface area contributed by atoms with E-state index >= 15 is 0 Å². The van der Waals surface area contributed by atoms with E-state index < -0.39 is 0 Å². The van der Waals surface area contributed by atoms with Crippen LogP contribution in [0.15, 0.2) is 48.8 Å². The largest absolute Gasteiger partial charge is 0.368 e. The van der Waals surface area contributed by atoms with E-state index in [1.807, 2.05) is 26.2 Å². The van der Waals surface area contributed by atoms with Crippen LogP contribution in [-0.4, -0.2) is 31.2 Å². The lowest BCUT2D eigenvalue weighted by molar-refractivity contribution is 0.653. The van der Waals surface area contributed by atoms with Crippen molar-refractivity contribution in [2.75, 3.05) is 36.0 Å². The second-order valence-electron chi connectivity index (χ2n) is 5.02. The van der Waals surface area contributed by atoms with Crippen LogP contribution in [0, 0.1) is 6.92 Å². The molecule has 0 aliphatic carbocycles. The molecule has 3 heteroatoms. The van der Waals surface area contributed by atoms with Gasteiger partial charge in [0.15, 0.2) is 0 Å². The summed E-state index contributed by atoms with van der Waals surface area (Å²) < 4.78 is 0. The monoisotopic (exact) mass is 283 g/mol. The van der Waals surface area contributed by atoms with Crippen LogP contribution in [0.25, 0.3) is 0 Å². The zero-order valence-electron chi connectivity index (χ0n) is 13.3. The van der Waals surface area contributed by atoms with Gasteiger partial charge in [0.05, 0.1) is 0 Å². The molecule has 0 saturated carbocycles. The number of anilines is 2. The Bertz CT molecular complexity index is 514. The molecule has 3 rings (SSSR count). The van der Waals surface area contributed by atoms with Gasteiger partial charge >= 0.3 is 0 Å². The van der Waals surface area contributed by atoms with Crippen LogP contribution < -0.4 is 9.80 Å². The Morgan fingerprint density at radius 2 is 1.14 bits per heavy atom. The molecule has 0 unspecified atom stereocenters. The molecule has 21 heavy (non-hydrogen) atoms. The second kappa shape index (κ2) is 7.67.